The zero-order valence-electron chi connectivity index (χ0n) is 22.6. The van der Waals surface area contributed by atoms with Gasteiger partial charge in [0.05, 0.1) is 22.4 Å². The SMILES string of the molecule is CC(C)(O)C(C)(C)C(C)(C)O.CC(C)=O.CC1(C)OC(C)(C)C(C)(C)C(C)(C)O1.O. The van der Waals surface area contributed by atoms with Gasteiger partial charge >= 0.3 is 0 Å². The number of carbonyl (C=O) groups excluding carboxylic acids is 1. The van der Waals surface area contributed by atoms with E-state index in [1.54, 1.807) is 27.7 Å². The van der Waals surface area contributed by atoms with Crippen LogP contribution in [-0.4, -0.2) is 49.7 Å². The zero-order chi connectivity index (χ0) is 24.5. The van der Waals surface area contributed by atoms with Crippen molar-refractivity contribution in [1.29, 1.82) is 0 Å². The lowest BCUT2D eigenvalue weighted by atomic mass is 9.65. The van der Waals surface area contributed by atoms with Crippen molar-refractivity contribution in [3.8, 4) is 0 Å². The minimum absolute atomic E-state index is 0. The van der Waals surface area contributed by atoms with Gasteiger partial charge in [-0.3, -0.25) is 0 Å². The average molecular weight is 437 g/mol. The highest BCUT2D eigenvalue weighted by molar-refractivity contribution is 5.72. The summed E-state index contributed by atoms with van der Waals surface area (Å²) in [7, 11) is 0. The van der Waals surface area contributed by atoms with Crippen LogP contribution in [0.25, 0.3) is 0 Å². The first-order chi connectivity index (χ1) is 12.1. The molecule has 30 heavy (non-hydrogen) atoms. The Kier molecular flexibility index (Phi) is 11.3. The Balaban J connectivity index is -0.000000410. The molecular formula is C24H52O6. The quantitative estimate of drug-likeness (QED) is 0.653. The molecule has 1 rings (SSSR count). The number of Topliss-reactive ketones (excluding diaryl/α,β-unsaturated/α-hetero) is 1. The van der Waals surface area contributed by atoms with E-state index in [4.69, 9.17) is 9.47 Å². The molecule has 6 heteroatoms. The Morgan fingerprint density at radius 2 is 0.867 bits per heavy atom. The average Bonchev–Trinajstić information content (AvgIpc) is 2.31. The summed E-state index contributed by atoms with van der Waals surface area (Å²) in [5, 5.41) is 19.4. The molecule has 0 spiro atoms. The van der Waals surface area contributed by atoms with Crippen LogP contribution in [0.3, 0.4) is 0 Å². The van der Waals surface area contributed by atoms with E-state index in [0.717, 1.165) is 0 Å². The third-order valence-corrected chi connectivity index (χ3v) is 7.07. The van der Waals surface area contributed by atoms with E-state index in [-0.39, 0.29) is 27.9 Å². The molecule has 0 unspecified atom stereocenters. The van der Waals surface area contributed by atoms with E-state index < -0.39 is 22.4 Å². The van der Waals surface area contributed by atoms with E-state index in [0.29, 0.717) is 0 Å². The van der Waals surface area contributed by atoms with Gasteiger partial charge in [-0.25, -0.2) is 0 Å². The van der Waals surface area contributed by atoms with Crippen molar-refractivity contribution in [1.82, 2.24) is 0 Å². The maximum atomic E-state index is 9.72. The summed E-state index contributed by atoms with van der Waals surface area (Å²) in [5.74, 6) is -0.331. The molecule has 6 nitrogen and oxygen atoms in total. The Morgan fingerprint density at radius 1 is 0.667 bits per heavy atom. The smallest absolute Gasteiger partial charge is 0.164 e. The molecule has 1 fully saturated rings. The fraction of sp³-hybridized carbons (Fsp3) is 0.958. The van der Waals surface area contributed by atoms with E-state index in [2.05, 4.69) is 41.5 Å². The van der Waals surface area contributed by atoms with Gasteiger partial charge in [-0.15, -0.1) is 0 Å². The summed E-state index contributed by atoms with van der Waals surface area (Å²) < 4.78 is 12.0. The normalized spacial score (nSPS) is 21.7. The van der Waals surface area contributed by atoms with Gasteiger partial charge in [-0.05, 0) is 83.1 Å². The van der Waals surface area contributed by atoms with Gasteiger partial charge in [0.15, 0.2) is 5.79 Å². The highest BCUT2D eigenvalue weighted by Gasteiger charge is 2.57. The van der Waals surface area contributed by atoms with Crippen molar-refractivity contribution < 1.29 is 30.0 Å². The lowest BCUT2D eigenvalue weighted by molar-refractivity contribution is -0.397. The monoisotopic (exact) mass is 436 g/mol. The Hall–Kier alpha value is -0.530. The Bertz CT molecular complexity index is 501. The van der Waals surface area contributed by atoms with Crippen molar-refractivity contribution in [3.63, 3.8) is 0 Å². The van der Waals surface area contributed by atoms with Crippen molar-refractivity contribution in [2.45, 2.75) is 139 Å². The van der Waals surface area contributed by atoms with Crippen LogP contribution in [0.4, 0.5) is 0 Å². The number of ether oxygens (including phenoxy) is 2. The molecule has 0 aliphatic carbocycles. The predicted octanol–water partition coefficient (Wildman–Crippen LogP) is 4.68. The molecule has 0 bridgehead atoms. The molecule has 1 aliphatic rings. The highest BCUT2D eigenvalue weighted by Crippen LogP contribution is 2.52. The largest absolute Gasteiger partial charge is 0.412 e. The molecule has 4 N–H and O–H groups in total. The van der Waals surface area contributed by atoms with E-state index in [1.165, 1.54) is 13.8 Å². The van der Waals surface area contributed by atoms with Crippen LogP contribution in [0, 0.1) is 10.8 Å². The summed E-state index contributed by atoms with van der Waals surface area (Å²) in [6.07, 6.45) is 0. The Labute approximate surface area is 186 Å². The molecule has 184 valence electrons. The highest BCUT2D eigenvalue weighted by atomic mass is 16.7. The Morgan fingerprint density at radius 3 is 1.00 bits per heavy atom. The van der Waals surface area contributed by atoms with Gasteiger partial charge in [0.2, 0.25) is 0 Å². The number of ketones is 1. The van der Waals surface area contributed by atoms with Crippen LogP contribution < -0.4 is 0 Å². The maximum Gasteiger partial charge on any atom is 0.164 e. The van der Waals surface area contributed by atoms with Gasteiger partial charge in [0.25, 0.3) is 0 Å². The molecular weight excluding hydrogens is 384 g/mol. The number of hydrogen-bond donors (Lipinski definition) is 2. The number of hydrogen-bond acceptors (Lipinski definition) is 5. The topological polar surface area (TPSA) is 107 Å². The fourth-order valence-electron chi connectivity index (χ4n) is 2.98. The fourth-order valence-corrected chi connectivity index (χ4v) is 2.98. The van der Waals surface area contributed by atoms with Crippen LogP contribution in [0.5, 0.6) is 0 Å². The lowest BCUT2D eigenvalue weighted by Crippen LogP contribution is -2.65. The van der Waals surface area contributed by atoms with Gasteiger partial charge in [0.1, 0.15) is 5.78 Å². The second-order valence-corrected chi connectivity index (χ2v) is 11.9. The zero-order valence-corrected chi connectivity index (χ0v) is 22.6. The van der Waals surface area contributed by atoms with Crippen molar-refractivity contribution in [2.24, 2.45) is 10.8 Å². The molecule has 0 saturated carbocycles. The summed E-state index contributed by atoms with van der Waals surface area (Å²) in [6, 6.07) is 0. The van der Waals surface area contributed by atoms with Crippen LogP contribution in [0.1, 0.15) is 111 Å². The summed E-state index contributed by atoms with van der Waals surface area (Å²) >= 11 is 0. The minimum atomic E-state index is -0.870. The van der Waals surface area contributed by atoms with Gasteiger partial charge < -0.3 is 30.0 Å². The third-order valence-electron chi connectivity index (χ3n) is 7.07. The molecule has 0 amide bonds. The lowest BCUT2D eigenvalue weighted by Gasteiger charge is -2.60. The van der Waals surface area contributed by atoms with E-state index >= 15 is 0 Å². The van der Waals surface area contributed by atoms with Crippen LogP contribution in [0.2, 0.25) is 0 Å². The molecule has 1 saturated heterocycles. The molecule has 0 aromatic carbocycles. The van der Waals surface area contributed by atoms with Gasteiger partial charge in [-0.2, -0.15) is 0 Å². The molecule has 0 atom stereocenters. The van der Waals surface area contributed by atoms with Gasteiger partial charge in [-0.1, -0.05) is 27.7 Å². The molecule has 0 aromatic heterocycles. The molecule has 1 heterocycles. The van der Waals surface area contributed by atoms with Gasteiger partial charge in [0, 0.05) is 10.8 Å². The number of carbonyl (C=O) groups is 1. The number of aliphatic hydroxyl groups is 2. The van der Waals surface area contributed by atoms with Crippen LogP contribution in [0.15, 0.2) is 0 Å². The second kappa shape index (κ2) is 9.95. The summed E-state index contributed by atoms with van der Waals surface area (Å²) in [6.45, 7) is 30.5. The third kappa shape index (κ3) is 8.54. The number of rotatable bonds is 2. The standard InChI is InChI=1S/C12H24O2.C9H20O2.C3H6O.H2O/c1-9(2)10(3,4)13-12(7,8)14-11(9,5)6;1-7(2,8(3,4)10)9(5,6)11;1-3(2)4;/h1-8H3;10-11H,1-6H3;1-2H3;1H2. The van der Waals surface area contributed by atoms with E-state index in [9.17, 15) is 15.0 Å². The summed E-state index contributed by atoms with van der Waals surface area (Å²) in [4.78, 5) is 9.44. The van der Waals surface area contributed by atoms with Crippen molar-refractivity contribution >= 4 is 5.78 Å². The minimum Gasteiger partial charge on any atom is -0.412 e. The van der Waals surface area contributed by atoms with Crippen molar-refractivity contribution in [2.75, 3.05) is 0 Å². The second-order valence-electron chi connectivity index (χ2n) is 11.9. The van der Waals surface area contributed by atoms with Crippen molar-refractivity contribution in [3.05, 3.63) is 0 Å². The first-order valence-electron chi connectivity index (χ1n) is 10.5. The first-order valence-corrected chi connectivity index (χ1v) is 10.5. The van der Waals surface area contributed by atoms with Crippen LogP contribution in [-0.2, 0) is 14.3 Å². The molecule has 0 radical (unpaired) electrons. The molecule has 1 aliphatic heterocycles. The summed E-state index contributed by atoms with van der Waals surface area (Å²) in [5.41, 5.74) is -2.64. The molecule has 0 aromatic rings. The van der Waals surface area contributed by atoms with E-state index in [1.807, 2.05) is 27.7 Å². The van der Waals surface area contributed by atoms with Crippen LogP contribution >= 0.6 is 0 Å². The maximum absolute atomic E-state index is 9.72. The first kappa shape index (κ1) is 34.1. The predicted molar refractivity (Wildman–Crippen MR) is 125 cm³/mol.